The van der Waals surface area contributed by atoms with E-state index in [-0.39, 0.29) is 27.3 Å². The maximum Gasteiger partial charge on any atom is 0.0442 e. The normalized spacial score (nSPS) is 6.39. The van der Waals surface area contributed by atoms with Gasteiger partial charge in [0.1, 0.15) is 0 Å². The topological polar surface area (TPSA) is 120 Å². The van der Waals surface area contributed by atoms with Crippen LogP contribution in [0.3, 0.4) is 0 Å². The summed E-state index contributed by atoms with van der Waals surface area (Å²) in [7, 11) is 0. The zero-order chi connectivity index (χ0) is 14.3. The van der Waals surface area contributed by atoms with Gasteiger partial charge in [-0.1, -0.05) is 6.07 Å². The smallest absolute Gasteiger partial charge is 0.0442 e. The van der Waals surface area contributed by atoms with E-state index in [1.165, 1.54) is 0 Å². The van der Waals surface area contributed by atoms with Crippen LogP contribution in [-0.2, 0) is 14.4 Å². The molecule has 6 nitrogen and oxygen atoms in total. The van der Waals surface area contributed by atoms with Crippen molar-refractivity contribution < 1.29 is 29.7 Å². The third kappa shape index (κ3) is 182. The molecule has 0 fully saturated rings. The molecule has 0 saturated carbocycles. The van der Waals surface area contributed by atoms with E-state index in [1.54, 1.807) is 11.3 Å². The summed E-state index contributed by atoms with van der Waals surface area (Å²) >= 11 is 1.59. The number of carboxylic acid groups (broad SMARTS) is 3. The summed E-state index contributed by atoms with van der Waals surface area (Å²) in [6, 6.07) is 3.86. The molecule has 1 heterocycles. The summed E-state index contributed by atoms with van der Waals surface area (Å²) in [6.45, 7) is 2.92. The SMILES string of the molecule is CC(=O)[O-].CC(=O)[O-].CC(=O)[O-].[Pb].[c]1cccs1. The summed E-state index contributed by atoms with van der Waals surface area (Å²) in [5.41, 5.74) is 0. The van der Waals surface area contributed by atoms with Crippen LogP contribution < -0.4 is 15.3 Å². The Morgan fingerprint density at radius 2 is 1.22 bits per heavy atom. The minimum atomic E-state index is -1.08. The molecule has 0 atom stereocenters. The summed E-state index contributed by atoms with van der Waals surface area (Å²) in [5.74, 6) is -3.25. The van der Waals surface area contributed by atoms with Crippen LogP contribution >= 0.6 is 11.3 Å². The second-order valence-corrected chi connectivity index (χ2v) is 2.95. The number of thiophene rings is 1. The van der Waals surface area contributed by atoms with Crippen molar-refractivity contribution in [3.05, 3.63) is 22.9 Å². The second kappa shape index (κ2) is 21.3. The third-order valence-corrected chi connectivity index (χ3v) is 0.944. The molecule has 0 amide bonds. The maximum absolute atomic E-state index is 8.89. The van der Waals surface area contributed by atoms with Gasteiger partial charge in [0.15, 0.2) is 0 Å². The Morgan fingerprint density at radius 3 is 1.28 bits per heavy atom. The van der Waals surface area contributed by atoms with Crippen molar-refractivity contribution in [3.63, 3.8) is 0 Å². The third-order valence-electron chi connectivity index (χ3n) is 0.379. The van der Waals surface area contributed by atoms with Crippen LogP contribution in [0.25, 0.3) is 0 Å². The molecule has 0 aromatic carbocycles. The number of aliphatic carboxylic acids is 3. The van der Waals surface area contributed by atoms with E-state index in [2.05, 4.69) is 5.38 Å². The van der Waals surface area contributed by atoms with Crippen molar-refractivity contribution in [3.8, 4) is 0 Å². The van der Waals surface area contributed by atoms with Gasteiger partial charge in [0.05, 0.1) is 0 Å². The molecule has 0 N–H and O–H groups in total. The Balaban J connectivity index is -0.0000000719. The molecule has 5 radical (unpaired) electrons. The Hall–Kier alpha value is -0.968. The molecule has 1 aromatic rings. The van der Waals surface area contributed by atoms with Crippen molar-refractivity contribution in [1.29, 1.82) is 0 Å². The summed E-state index contributed by atoms with van der Waals surface area (Å²) in [4.78, 5) is 26.7. The van der Waals surface area contributed by atoms with Crippen molar-refractivity contribution in [2.24, 2.45) is 0 Å². The van der Waals surface area contributed by atoms with Crippen LogP contribution in [0.2, 0.25) is 0 Å². The Kier molecular flexibility index (Phi) is 30.5. The number of hydrogen-bond acceptors (Lipinski definition) is 7. The number of carbonyl (C=O) groups is 3. The minimum absolute atomic E-state index is 0. The standard InChI is InChI=1S/C4H3S.3C2H4O2.Pb/c1-2-4-5-3-1;3*1-2(3)4;/h1-3H;3*1H3,(H,3,4);/p-3. The number of hydrogen-bond donors (Lipinski definition) is 0. The quantitative estimate of drug-likeness (QED) is 0.387. The minimum Gasteiger partial charge on any atom is -0.550 e. The van der Waals surface area contributed by atoms with Gasteiger partial charge in [-0.2, -0.15) is 0 Å². The molecule has 0 aliphatic carbocycles. The van der Waals surface area contributed by atoms with E-state index in [4.69, 9.17) is 29.7 Å². The number of carboxylic acids is 3. The zero-order valence-corrected chi connectivity index (χ0v) is 14.8. The van der Waals surface area contributed by atoms with Crippen LogP contribution in [0.1, 0.15) is 20.8 Å². The molecule has 101 valence electrons. The van der Waals surface area contributed by atoms with Crippen LogP contribution in [0, 0.1) is 5.38 Å². The first-order chi connectivity index (χ1) is 7.70. The molecule has 18 heavy (non-hydrogen) atoms. The van der Waals surface area contributed by atoms with E-state index in [9.17, 15) is 0 Å². The van der Waals surface area contributed by atoms with Gasteiger partial charge in [0.25, 0.3) is 0 Å². The van der Waals surface area contributed by atoms with Crippen molar-refractivity contribution >= 4 is 56.5 Å². The molecule has 0 saturated heterocycles. The Bertz CT molecular complexity index is 242. The molecular weight excluding hydrogens is 455 g/mol. The van der Waals surface area contributed by atoms with Gasteiger partial charge in [-0.3, -0.25) is 0 Å². The fourth-order valence-corrected chi connectivity index (χ4v) is 0.589. The molecule has 1 aromatic heterocycles. The molecule has 0 bridgehead atoms. The van der Waals surface area contributed by atoms with E-state index < -0.39 is 17.9 Å². The van der Waals surface area contributed by atoms with Gasteiger partial charge in [-0.25, -0.2) is 0 Å². The van der Waals surface area contributed by atoms with Crippen molar-refractivity contribution in [1.82, 2.24) is 0 Å². The average molecular weight is 467 g/mol. The zero-order valence-electron chi connectivity index (χ0n) is 10.1. The fourth-order valence-electron chi connectivity index (χ4n) is 0.196. The first kappa shape index (κ1) is 25.8. The van der Waals surface area contributed by atoms with Gasteiger partial charge >= 0.3 is 0 Å². The molecule has 8 heteroatoms. The Labute approximate surface area is 129 Å². The largest absolute Gasteiger partial charge is 0.550 e. The van der Waals surface area contributed by atoms with Crippen LogP contribution in [0.5, 0.6) is 0 Å². The molecule has 0 aliphatic rings. The van der Waals surface area contributed by atoms with Gasteiger partial charge in [0, 0.05) is 50.6 Å². The van der Waals surface area contributed by atoms with Crippen molar-refractivity contribution in [2.45, 2.75) is 20.8 Å². The Morgan fingerprint density at radius 1 is 0.944 bits per heavy atom. The molecule has 0 spiro atoms. The second-order valence-electron chi connectivity index (χ2n) is 2.21. The molecular formula is C10H12O6PbS-3. The van der Waals surface area contributed by atoms with Crippen LogP contribution in [0.15, 0.2) is 17.5 Å². The summed E-state index contributed by atoms with van der Waals surface area (Å²) in [6.07, 6.45) is 0. The average Bonchev–Trinajstić information content (AvgIpc) is 2.53. The van der Waals surface area contributed by atoms with E-state index in [0.29, 0.717) is 0 Å². The summed E-state index contributed by atoms with van der Waals surface area (Å²) < 4.78 is 0. The van der Waals surface area contributed by atoms with Gasteiger partial charge in [0.2, 0.25) is 0 Å². The summed E-state index contributed by atoms with van der Waals surface area (Å²) in [5, 5.41) is 31.6. The van der Waals surface area contributed by atoms with Gasteiger partial charge < -0.3 is 29.7 Å². The monoisotopic (exact) mass is 468 g/mol. The van der Waals surface area contributed by atoms with E-state index in [1.807, 2.05) is 17.5 Å². The van der Waals surface area contributed by atoms with Gasteiger partial charge in [-0.05, 0) is 32.2 Å². The van der Waals surface area contributed by atoms with Crippen LogP contribution in [-0.4, -0.2) is 45.2 Å². The first-order valence-electron chi connectivity index (χ1n) is 4.12. The number of carbonyl (C=O) groups excluding carboxylic acids is 3. The van der Waals surface area contributed by atoms with Gasteiger partial charge in [-0.15, -0.1) is 11.3 Å². The maximum atomic E-state index is 8.89. The first-order valence-corrected chi connectivity index (χ1v) is 5.00. The molecule has 0 unspecified atom stereocenters. The van der Waals surface area contributed by atoms with E-state index >= 15 is 0 Å². The van der Waals surface area contributed by atoms with E-state index in [0.717, 1.165) is 20.8 Å². The van der Waals surface area contributed by atoms with Crippen molar-refractivity contribution in [2.75, 3.05) is 0 Å². The predicted octanol–water partition coefficient (Wildman–Crippen LogP) is -2.56. The molecule has 0 aliphatic heterocycles. The fraction of sp³-hybridized carbons (Fsp3) is 0.300. The van der Waals surface area contributed by atoms with Crippen LogP contribution in [0.4, 0.5) is 0 Å². The molecule has 1 rings (SSSR count). The number of rotatable bonds is 0. The predicted molar refractivity (Wildman–Crippen MR) is 61.0 cm³/mol.